The zero-order valence-corrected chi connectivity index (χ0v) is 27.2. The molecular weight excluding hydrogens is 588 g/mol. The zero-order chi connectivity index (χ0) is 32.6. The third-order valence-corrected chi connectivity index (χ3v) is 11.5. The monoisotopic (exact) mass is 632 g/mol. The molecule has 2 aromatic carbocycles. The van der Waals surface area contributed by atoms with Crippen LogP contribution in [0.15, 0.2) is 60.2 Å². The quantitative estimate of drug-likeness (QED) is 0.309. The van der Waals surface area contributed by atoms with Crippen molar-refractivity contribution >= 4 is 11.8 Å². The number of phenols is 1. The van der Waals surface area contributed by atoms with Crippen molar-refractivity contribution < 1.29 is 43.5 Å². The van der Waals surface area contributed by atoms with Gasteiger partial charge in [0.05, 0.1) is 25.6 Å². The van der Waals surface area contributed by atoms with Crippen LogP contribution in [-0.2, 0) is 41.4 Å². The average molecular weight is 633 g/mol. The predicted octanol–water partition coefficient (Wildman–Crippen LogP) is 4.90. The number of ketones is 1. The third kappa shape index (κ3) is 4.57. The highest BCUT2D eigenvalue weighted by molar-refractivity contribution is 5.92. The van der Waals surface area contributed by atoms with E-state index in [1.807, 2.05) is 37.3 Å². The number of benzene rings is 2. The molecule has 2 saturated heterocycles. The Morgan fingerprint density at radius 1 is 1.09 bits per heavy atom. The number of phenolic OH excluding ortho intramolecular Hbond substituents is 1. The number of hydrogen-bond donors (Lipinski definition) is 2. The fraction of sp³-hybridized carbons (Fsp3) is 0.568. The topological polar surface area (TPSA) is 121 Å². The minimum atomic E-state index is -1.69. The third-order valence-electron chi connectivity index (χ3n) is 11.5. The molecule has 4 fully saturated rings. The Morgan fingerprint density at radius 2 is 1.85 bits per heavy atom. The first-order valence-corrected chi connectivity index (χ1v) is 16.5. The number of methoxy groups -OCH3 is 1. The van der Waals surface area contributed by atoms with Gasteiger partial charge in [0.25, 0.3) is 5.97 Å². The molecule has 3 aliphatic carbocycles. The molecule has 9 atom stereocenters. The van der Waals surface area contributed by atoms with Crippen molar-refractivity contribution in [1.29, 1.82) is 0 Å². The summed E-state index contributed by atoms with van der Waals surface area (Å²) in [4.78, 5) is 26.9. The van der Waals surface area contributed by atoms with Crippen LogP contribution in [0.4, 0.5) is 0 Å². The first kappa shape index (κ1) is 31.4. The van der Waals surface area contributed by atoms with Crippen LogP contribution in [0.3, 0.4) is 0 Å². The Kier molecular flexibility index (Phi) is 7.44. The molecule has 46 heavy (non-hydrogen) atoms. The molecule has 2 saturated carbocycles. The van der Waals surface area contributed by atoms with Crippen molar-refractivity contribution in [2.45, 2.75) is 88.7 Å². The van der Waals surface area contributed by atoms with E-state index in [0.29, 0.717) is 30.4 Å². The normalized spacial score (nSPS) is 39.1. The molecular formula is C37H44O9. The van der Waals surface area contributed by atoms with E-state index in [0.717, 1.165) is 5.56 Å². The molecule has 246 valence electrons. The summed E-state index contributed by atoms with van der Waals surface area (Å²) < 4.78 is 32.1. The zero-order valence-electron chi connectivity index (χ0n) is 27.2. The second-order valence-electron chi connectivity index (χ2n) is 14.5. The number of Topliss-reactive ketones (excluding diaryl/α,β-unsaturated/α-hetero) is 1. The van der Waals surface area contributed by atoms with Crippen LogP contribution in [0, 0.1) is 29.6 Å². The molecule has 9 heteroatoms. The molecule has 3 bridgehead atoms. The maximum Gasteiger partial charge on any atom is 0.310 e. The molecule has 7 rings (SSSR count). The van der Waals surface area contributed by atoms with Crippen molar-refractivity contribution in [2.75, 3.05) is 13.7 Å². The van der Waals surface area contributed by atoms with Crippen LogP contribution >= 0.6 is 0 Å². The van der Waals surface area contributed by atoms with Gasteiger partial charge in [0, 0.05) is 24.2 Å². The fourth-order valence-electron chi connectivity index (χ4n) is 9.39. The molecule has 0 amide bonds. The molecule has 2 N–H and O–H groups in total. The lowest BCUT2D eigenvalue weighted by Crippen LogP contribution is -2.70. The van der Waals surface area contributed by atoms with Crippen molar-refractivity contribution in [3.05, 3.63) is 71.3 Å². The van der Waals surface area contributed by atoms with Crippen LogP contribution < -0.4 is 4.74 Å². The number of aromatic hydroxyl groups is 1. The predicted molar refractivity (Wildman–Crippen MR) is 167 cm³/mol. The Morgan fingerprint density at radius 3 is 2.57 bits per heavy atom. The number of fused-ring (bicyclic) bond motifs is 2. The van der Waals surface area contributed by atoms with E-state index >= 15 is 0 Å². The largest absolute Gasteiger partial charge is 0.504 e. The second-order valence-corrected chi connectivity index (χ2v) is 14.5. The van der Waals surface area contributed by atoms with E-state index in [4.69, 9.17) is 23.7 Å². The Hall–Kier alpha value is -3.24. The number of ether oxygens (including phenoxy) is 5. The van der Waals surface area contributed by atoms with Crippen LogP contribution in [0.1, 0.15) is 58.1 Å². The van der Waals surface area contributed by atoms with E-state index < -0.39 is 34.7 Å². The minimum absolute atomic E-state index is 0.0151. The fourth-order valence-corrected chi connectivity index (χ4v) is 9.39. The van der Waals surface area contributed by atoms with Crippen molar-refractivity contribution in [1.82, 2.24) is 0 Å². The van der Waals surface area contributed by atoms with E-state index in [-0.39, 0.29) is 66.5 Å². The van der Waals surface area contributed by atoms with Gasteiger partial charge in [0.15, 0.2) is 17.3 Å². The number of rotatable bonds is 8. The van der Waals surface area contributed by atoms with Gasteiger partial charge in [-0.15, -0.1) is 0 Å². The summed E-state index contributed by atoms with van der Waals surface area (Å²) in [6.45, 7) is 8.26. The van der Waals surface area contributed by atoms with E-state index in [2.05, 4.69) is 26.8 Å². The first-order valence-electron chi connectivity index (χ1n) is 16.5. The van der Waals surface area contributed by atoms with Gasteiger partial charge in [0.1, 0.15) is 23.9 Å². The van der Waals surface area contributed by atoms with Crippen molar-refractivity contribution in [2.24, 2.45) is 29.6 Å². The highest BCUT2D eigenvalue weighted by atomic mass is 16.9. The number of esters is 1. The summed E-state index contributed by atoms with van der Waals surface area (Å²) in [6, 6.07) is 14.7. The lowest BCUT2D eigenvalue weighted by atomic mass is 9.54. The number of hydrogen-bond acceptors (Lipinski definition) is 9. The molecule has 2 aliphatic heterocycles. The van der Waals surface area contributed by atoms with E-state index in [1.54, 1.807) is 12.1 Å². The minimum Gasteiger partial charge on any atom is -0.504 e. The summed E-state index contributed by atoms with van der Waals surface area (Å²) in [5.74, 6) is -2.92. The first-order chi connectivity index (χ1) is 21.9. The smallest absolute Gasteiger partial charge is 0.310 e. The second kappa shape index (κ2) is 10.9. The summed E-state index contributed by atoms with van der Waals surface area (Å²) >= 11 is 0. The van der Waals surface area contributed by atoms with Crippen LogP contribution in [0.25, 0.3) is 0 Å². The van der Waals surface area contributed by atoms with Crippen LogP contribution in [-0.4, -0.2) is 64.6 Å². The van der Waals surface area contributed by atoms with Gasteiger partial charge in [-0.25, -0.2) is 0 Å². The summed E-state index contributed by atoms with van der Waals surface area (Å²) in [6.07, 6.45) is 3.25. The van der Waals surface area contributed by atoms with Crippen LogP contribution in [0.5, 0.6) is 11.5 Å². The summed E-state index contributed by atoms with van der Waals surface area (Å²) in [5.41, 5.74) is -0.961. The van der Waals surface area contributed by atoms with E-state index in [1.165, 1.54) is 13.2 Å². The SMILES string of the molecule is COc1cc(CC(=O)OCC2=C[C@H]3[C@H]4O[C@@]5(Cc6ccccc6)O[C@@]3([C@H](C)C[C@]4(C(C)C)O5)[C@@H]3C[C@@H](C)C(=O)[C@@]3(O)C2)ccc1O. The summed E-state index contributed by atoms with van der Waals surface area (Å²) in [7, 11) is 1.45. The summed E-state index contributed by atoms with van der Waals surface area (Å²) in [5, 5.41) is 22.4. The van der Waals surface area contributed by atoms with E-state index in [9.17, 15) is 19.8 Å². The standard InChI is InChI=1S/C37H44O9/c1-21(2)35-17-23(4)37-27(33(35)44-36(45-35,46-37)19-24-9-7-6-8-10-24)14-26(18-34(41)30(37)13-22(3)32(34)40)20-43-31(39)16-25-11-12-28(38)29(15-25)42-5/h6-12,14-15,21-23,27,30,33,38,41H,13,16-20H2,1-5H3/t22-,23-,27+,30-,33-,34-,35-,36-,37-/m1/s1. The Balaban J connectivity index is 1.26. The van der Waals surface area contributed by atoms with Crippen molar-refractivity contribution in [3.63, 3.8) is 0 Å². The van der Waals surface area contributed by atoms with Gasteiger partial charge in [-0.1, -0.05) is 70.2 Å². The molecule has 5 aliphatic rings. The number of carbonyl (C=O) groups excluding carboxylic acids is 2. The van der Waals surface area contributed by atoms with Gasteiger partial charge in [-0.2, -0.15) is 0 Å². The highest BCUT2D eigenvalue weighted by Gasteiger charge is 2.79. The molecule has 2 aromatic rings. The van der Waals surface area contributed by atoms with Crippen molar-refractivity contribution in [3.8, 4) is 11.5 Å². The Labute approximate surface area is 269 Å². The average Bonchev–Trinajstić information content (AvgIpc) is 3.32. The maximum absolute atomic E-state index is 13.9. The molecule has 0 aromatic heterocycles. The lowest BCUT2D eigenvalue weighted by molar-refractivity contribution is -0.424. The maximum atomic E-state index is 13.9. The number of carbonyl (C=O) groups is 2. The lowest BCUT2D eigenvalue weighted by Gasteiger charge is -2.60. The molecule has 0 spiro atoms. The van der Waals surface area contributed by atoms with Gasteiger partial charge in [-0.3, -0.25) is 9.59 Å². The van der Waals surface area contributed by atoms with Gasteiger partial charge in [0.2, 0.25) is 0 Å². The molecule has 2 heterocycles. The molecule has 0 radical (unpaired) electrons. The van der Waals surface area contributed by atoms with Gasteiger partial charge < -0.3 is 33.9 Å². The highest BCUT2D eigenvalue weighted by Crippen LogP contribution is 2.69. The number of aliphatic hydroxyl groups is 1. The van der Waals surface area contributed by atoms with Gasteiger partial charge in [-0.05, 0) is 53.5 Å². The van der Waals surface area contributed by atoms with Crippen LogP contribution in [0.2, 0.25) is 0 Å². The Bertz CT molecular complexity index is 1570. The van der Waals surface area contributed by atoms with Gasteiger partial charge >= 0.3 is 5.97 Å². The molecule has 9 nitrogen and oxygen atoms in total. The molecule has 0 unspecified atom stereocenters.